The van der Waals surface area contributed by atoms with E-state index in [4.69, 9.17) is 9.47 Å². The van der Waals surface area contributed by atoms with E-state index in [1.807, 2.05) is 0 Å². The van der Waals surface area contributed by atoms with E-state index in [0.717, 1.165) is 36.8 Å². The minimum absolute atomic E-state index is 0.133. The Kier molecular flexibility index (Phi) is 2.55. The van der Waals surface area contributed by atoms with Gasteiger partial charge in [-0.3, -0.25) is 9.59 Å². The molecule has 24 heavy (non-hydrogen) atoms. The maximum Gasteiger partial charge on any atom is 0.321 e. The second kappa shape index (κ2) is 4.14. The van der Waals surface area contributed by atoms with E-state index in [9.17, 15) is 9.59 Å². The maximum atomic E-state index is 13.3. The Hall–Kier alpha value is -1.58. The third-order valence-corrected chi connectivity index (χ3v) is 7.90. The summed E-state index contributed by atoms with van der Waals surface area (Å²) >= 11 is 0. The van der Waals surface area contributed by atoms with E-state index in [1.54, 1.807) is 0 Å². The Morgan fingerprint density at radius 3 is 1.54 bits per heavy atom. The molecular weight excluding hydrogens is 304 g/mol. The first-order valence-corrected chi connectivity index (χ1v) is 9.20. The molecule has 6 atom stereocenters. The quantitative estimate of drug-likeness (QED) is 0.506. The molecule has 0 aromatic rings. The molecule has 0 amide bonds. The van der Waals surface area contributed by atoms with E-state index in [1.165, 1.54) is 11.1 Å². The van der Waals surface area contributed by atoms with Crippen LogP contribution in [-0.4, -0.2) is 24.1 Å². The first kappa shape index (κ1) is 14.7. The Morgan fingerprint density at radius 1 is 0.792 bits per heavy atom. The van der Waals surface area contributed by atoms with Crippen LogP contribution in [-0.2, 0) is 19.1 Å². The standard InChI is InChI=1S/C20H24O4/c1-9-5-7-13-11(3)16-20-10(2)6-8-14(20)12(4)15(23-18(20)22)19(9,13)17(21)24-16/h9-10,15-16H,5-8H2,1-4H3. The fraction of sp³-hybridized carbons (Fsp3) is 0.700. The zero-order valence-corrected chi connectivity index (χ0v) is 14.8. The first-order valence-electron chi connectivity index (χ1n) is 9.20. The molecule has 0 N–H and O–H groups in total. The van der Waals surface area contributed by atoms with E-state index in [-0.39, 0.29) is 23.8 Å². The molecular formula is C20H24O4. The molecule has 8 aliphatic rings. The number of hydrogen-bond acceptors (Lipinski definition) is 4. The molecule has 5 aliphatic heterocycles. The number of hydrogen-bond donors (Lipinski definition) is 0. The largest absolute Gasteiger partial charge is 0.455 e. The van der Waals surface area contributed by atoms with Crippen LogP contribution in [0, 0.1) is 22.7 Å². The van der Waals surface area contributed by atoms with Gasteiger partial charge in [-0.2, -0.15) is 0 Å². The average molecular weight is 328 g/mol. The van der Waals surface area contributed by atoms with Gasteiger partial charge in [0.15, 0.2) is 0 Å². The van der Waals surface area contributed by atoms with E-state index < -0.39 is 23.0 Å². The molecule has 4 heteroatoms. The molecule has 4 bridgehead atoms. The minimum Gasteiger partial charge on any atom is -0.455 e. The molecule has 5 heterocycles. The van der Waals surface area contributed by atoms with Crippen LogP contribution >= 0.6 is 0 Å². The number of carbonyl (C=O) groups excluding carboxylic acids is 2. The number of rotatable bonds is 0. The van der Waals surface area contributed by atoms with Gasteiger partial charge in [0, 0.05) is 0 Å². The van der Waals surface area contributed by atoms with Crippen molar-refractivity contribution in [1.82, 2.24) is 0 Å². The lowest BCUT2D eigenvalue weighted by atomic mass is 9.56. The van der Waals surface area contributed by atoms with Gasteiger partial charge in [0.2, 0.25) is 0 Å². The maximum absolute atomic E-state index is 13.3. The van der Waals surface area contributed by atoms with Crippen LogP contribution in [0.5, 0.6) is 0 Å². The van der Waals surface area contributed by atoms with E-state index in [0.29, 0.717) is 0 Å². The van der Waals surface area contributed by atoms with Gasteiger partial charge in [-0.25, -0.2) is 0 Å². The molecule has 6 unspecified atom stereocenters. The molecule has 3 aliphatic carbocycles. The van der Waals surface area contributed by atoms with Crippen LogP contribution < -0.4 is 0 Å². The van der Waals surface area contributed by atoms with Crippen molar-refractivity contribution >= 4 is 11.9 Å². The lowest BCUT2D eigenvalue weighted by molar-refractivity contribution is -0.205. The highest BCUT2D eigenvalue weighted by Crippen LogP contribution is 2.67. The predicted octanol–water partition coefficient (Wildman–Crippen LogP) is 3.32. The normalized spacial score (nSPS) is 49.0. The Morgan fingerprint density at radius 2 is 1.17 bits per heavy atom. The van der Waals surface area contributed by atoms with Gasteiger partial charge in [0.25, 0.3) is 0 Å². The summed E-state index contributed by atoms with van der Waals surface area (Å²) in [6, 6.07) is 0. The summed E-state index contributed by atoms with van der Waals surface area (Å²) in [5.41, 5.74) is 3.08. The second-order valence-corrected chi connectivity index (χ2v) is 8.51. The summed E-state index contributed by atoms with van der Waals surface area (Å²) in [6.45, 7) is 8.38. The summed E-state index contributed by atoms with van der Waals surface area (Å²) < 4.78 is 12.1. The molecule has 3 fully saturated rings. The SMILES string of the molecule is CC1=C2CCC(C)C23C(=O)OC1C12C(=O)OC3C(C)=C1CCC2C. The van der Waals surface area contributed by atoms with Crippen molar-refractivity contribution in [2.75, 3.05) is 0 Å². The number of carbonyl (C=O) groups is 2. The van der Waals surface area contributed by atoms with Gasteiger partial charge < -0.3 is 9.47 Å². The smallest absolute Gasteiger partial charge is 0.321 e. The van der Waals surface area contributed by atoms with Crippen molar-refractivity contribution in [2.24, 2.45) is 22.7 Å². The van der Waals surface area contributed by atoms with Crippen LogP contribution in [0.4, 0.5) is 0 Å². The summed E-state index contributed by atoms with van der Waals surface area (Å²) in [5, 5.41) is 0. The first-order chi connectivity index (χ1) is 11.4. The Labute approximate surface area is 142 Å². The summed E-state index contributed by atoms with van der Waals surface area (Å²) in [6.07, 6.45) is 2.78. The molecule has 2 spiro atoms. The Bertz CT molecular complexity index is 696. The van der Waals surface area contributed by atoms with Crippen LogP contribution in [0.1, 0.15) is 53.4 Å². The highest BCUT2D eigenvalue weighted by molar-refractivity contribution is 5.93. The van der Waals surface area contributed by atoms with Gasteiger partial charge >= 0.3 is 11.9 Å². The summed E-state index contributed by atoms with van der Waals surface area (Å²) in [5.74, 6) is -0.0534. The third-order valence-electron chi connectivity index (χ3n) is 7.90. The second-order valence-electron chi connectivity index (χ2n) is 8.51. The highest BCUT2D eigenvalue weighted by atomic mass is 16.6. The van der Waals surface area contributed by atoms with E-state index in [2.05, 4.69) is 27.7 Å². The fourth-order valence-electron chi connectivity index (χ4n) is 6.70. The predicted molar refractivity (Wildman–Crippen MR) is 86.8 cm³/mol. The van der Waals surface area contributed by atoms with Gasteiger partial charge in [0.05, 0.1) is 0 Å². The van der Waals surface area contributed by atoms with Crippen molar-refractivity contribution in [2.45, 2.75) is 65.6 Å². The van der Waals surface area contributed by atoms with Crippen molar-refractivity contribution in [3.8, 4) is 0 Å². The van der Waals surface area contributed by atoms with Crippen LogP contribution in [0.15, 0.2) is 22.3 Å². The minimum atomic E-state index is -0.786. The highest BCUT2D eigenvalue weighted by Gasteiger charge is 2.73. The molecule has 4 nitrogen and oxygen atoms in total. The Balaban J connectivity index is 1.92. The van der Waals surface area contributed by atoms with Gasteiger partial charge in [-0.05, 0) is 73.7 Å². The number of ether oxygens (including phenoxy) is 2. The monoisotopic (exact) mass is 328 g/mol. The average Bonchev–Trinajstić information content (AvgIpc) is 3.06. The third kappa shape index (κ3) is 1.19. The number of esters is 2. The lowest BCUT2D eigenvalue weighted by Gasteiger charge is -2.56. The zero-order chi connectivity index (χ0) is 17.0. The van der Waals surface area contributed by atoms with Crippen molar-refractivity contribution in [3.05, 3.63) is 22.3 Å². The van der Waals surface area contributed by atoms with Gasteiger partial charge in [-0.1, -0.05) is 13.8 Å². The van der Waals surface area contributed by atoms with Crippen molar-refractivity contribution < 1.29 is 19.1 Å². The lowest BCUT2D eigenvalue weighted by Crippen LogP contribution is -2.65. The van der Waals surface area contributed by atoms with Gasteiger partial charge in [-0.15, -0.1) is 0 Å². The van der Waals surface area contributed by atoms with Gasteiger partial charge in [0.1, 0.15) is 23.0 Å². The summed E-state index contributed by atoms with van der Waals surface area (Å²) in [4.78, 5) is 26.5. The molecule has 2 saturated carbocycles. The molecule has 0 radical (unpaired) electrons. The van der Waals surface area contributed by atoms with Crippen molar-refractivity contribution in [1.29, 1.82) is 0 Å². The van der Waals surface area contributed by atoms with Crippen LogP contribution in [0.2, 0.25) is 0 Å². The van der Waals surface area contributed by atoms with Crippen LogP contribution in [0.25, 0.3) is 0 Å². The zero-order valence-electron chi connectivity index (χ0n) is 14.8. The topological polar surface area (TPSA) is 52.6 Å². The van der Waals surface area contributed by atoms with Crippen molar-refractivity contribution in [3.63, 3.8) is 0 Å². The molecule has 8 rings (SSSR count). The molecule has 0 aromatic heterocycles. The fourth-order valence-corrected chi connectivity index (χ4v) is 6.70. The van der Waals surface area contributed by atoms with E-state index >= 15 is 0 Å². The molecule has 0 aromatic carbocycles. The van der Waals surface area contributed by atoms with Crippen LogP contribution in [0.3, 0.4) is 0 Å². The molecule has 128 valence electrons. The molecule has 1 saturated heterocycles. The summed E-state index contributed by atoms with van der Waals surface area (Å²) in [7, 11) is 0.